The number of rotatable bonds is 3. The van der Waals surface area contributed by atoms with Gasteiger partial charge in [-0.05, 0) is 49.5 Å². The van der Waals surface area contributed by atoms with Crippen molar-refractivity contribution in [1.29, 1.82) is 0 Å². The van der Waals surface area contributed by atoms with Crippen molar-refractivity contribution in [2.75, 3.05) is 0 Å². The van der Waals surface area contributed by atoms with Gasteiger partial charge in [-0.1, -0.05) is 37.3 Å². The second kappa shape index (κ2) is 5.78. The second-order valence-corrected chi connectivity index (χ2v) is 6.21. The first kappa shape index (κ1) is 13.3. The molecule has 2 aliphatic rings. The summed E-state index contributed by atoms with van der Waals surface area (Å²) in [5.74, 6) is 1.30. The number of nitrogens with one attached hydrogen (secondary N) is 1. The zero-order chi connectivity index (χ0) is 13.9. The Balaban J connectivity index is 1.53. The Morgan fingerprint density at radius 3 is 2.85 bits per heavy atom. The van der Waals surface area contributed by atoms with E-state index in [1.54, 1.807) is 0 Å². The number of benzene rings is 1. The Morgan fingerprint density at radius 1 is 1.30 bits per heavy atom. The number of hydrazone groups is 1. The lowest BCUT2D eigenvalue weighted by atomic mass is 9.89. The number of hydrogen-bond acceptors (Lipinski definition) is 2. The van der Waals surface area contributed by atoms with Crippen LogP contribution in [0.3, 0.4) is 0 Å². The van der Waals surface area contributed by atoms with Crippen molar-refractivity contribution in [3.63, 3.8) is 0 Å². The average molecular weight is 270 g/mol. The lowest BCUT2D eigenvalue weighted by Crippen LogP contribution is -2.23. The maximum Gasteiger partial charge on any atom is 0.243 e. The summed E-state index contributed by atoms with van der Waals surface area (Å²) in [7, 11) is 0. The Bertz CT molecular complexity index is 509. The van der Waals surface area contributed by atoms with Crippen LogP contribution in [0.1, 0.15) is 50.5 Å². The molecule has 0 unspecified atom stereocenters. The summed E-state index contributed by atoms with van der Waals surface area (Å²) >= 11 is 0. The summed E-state index contributed by atoms with van der Waals surface area (Å²) in [6.07, 6.45) is 5.51. The lowest BCUT2D eigenvalue weighted by molar-refractivity contribution is -0.122. The number of amides is 1. The molecule has 0 spiro atoms. The lowest BCUT2D eigenvalue weighted by Gasteiger charge is -2.18. The van der Waals surface area contributed by atoms with Crippen LogP contribution >= 0.6 is 0 Å². The third-order valence-corrected chi connectivity index (χ3v) is 4.43. The number of carbonyl (C=O) groups is 1. The molecule has 0 bridgehead atoms. The van der Waals surface area contributed by atoms with Gasteiger partial charge in [-0.2, -0.15) is 5.10 Å². The van der Waals surface area contributed by atoms with Gasteiger partial charge in [0.15, 0.2) is 0 Å². The van der Waals surface area contributed by atoms with Crippen LogP contribution in [-0.2, 0) is 4.79 Å². The molecule has 20 heavy (non-hydrogen) atoms. The number of nitrogens with zero attached hydrogens (tertiary/aromatic N) is 1. The summed E-state index contributed by atoms with van der Waals surface area (Å²) in [6.45, 7) is 2.25. The van der Waals surface area contributed by atoms with Gasteiger partial charge in [-0.25, -0.2) is 5.43 Å². The zero-order valence-electron chi connectivity index (χ0n) is 12.0. The molecule has 3 heteroatoms. The fourth-order valence-corrected chi connectivity index (χ4v) is 3.13. The number of carbonyl (C=O) groups excluding carboxylic acids is 1. The molecular formula is C17H22N2O. The monoisotopic (exact) mass is 270 g/mol. The molecule has 1 aromatic carbocycles. The van der Waals surface area contributed by atoms with Crippen molar-refractivity contribution in [2.24, 2.45) is 16.9 Å². The van der Waals surface area contributed by atoms with Crippen LogP contribution in [0.5, 0.6) is 0 Å². The van der Waals surface area contributed by atoms with Crippen LogP contribution in [0.25, 0.3) is 0 Å². The minimum atomic E-state index is 0.0876. The second-order valence-electron chi connectivity index (χ2n) is 6.21. The predicted molar refractivity (Wildman–Crippen MR) is 80.5 cm³/mol. The van der Waals surface area contributed by atoms with Gasteiger partial charge >= 0.3 is 0 Å². The topological polar surface area (TPSA) is 41.5 Å². The van der Waals surface area contributed by atoms with E-state index in [1.165, 1.54) is 18.4 Å². The van der Waals surface area contributed by atoms with E-state index in [2.05, 4.69) is 29.6 Å². The van der Waals surface area contributed by atoms with Crippen molar-refractivity contribution in [1.82, 2.24) is 5.43 Å². The van der Waals surface area contributed by atoms with Crippen LogP contribution < -0.4 is 5.43 Å². The molecule has 3 rings (SSSR count). The van der Waals surface area contributed by atoms with Crippen molar-refractivity contribution < 1.29 is 4.79 Å². The quantitative estimate of drug-likeness (QED) is 0.839. The smallest absolute Gasteiger partial charge is 0.243 e. The zero-order valence-corrected chi connectivity index (χ0v) is 12.0. The van der Waals surface area contributed by atoms with E-state index in [0.717, 1.165) is 25.0 Å². The highest BCUT2D eigenvalue weighted by molar-refractivity contribution is 5.88. The van der Waals surface area contributed by atoms with Gasteiger partial charge in [0.25, 0.3) is 0 Å². The van der Waals surface area contributed by atoms with Gasteiger partial charge in [0.2, 0.25) is 5.91 Å². The van der Waals surface area contributed by atoms with Gasteiger partial charge in [0.1, 0.15) is 0 Å². The predicted octanol–water partition coefficient (Wildman–Crippen LogP) is 3.47. The minimum Gasteiger partial charge on any atom is -0.273 e. The van der Waals surface area contributed by atoms with Crippen LogP contribution in [-0.4, -0.2) is 11.6 Å². The molecule has 2 saturated carbocycles. The maximum absolute atomic E-state index is 12.1. The SMILES string of the molecule is C[C@@H]1CCC/C(=N\NC(=O)[C@H]2C[C@H]2c2ccccc2)C1. The Hall–Kier alpha value is -1.64. The first-order valence-corrected chi connectivity index (χ1v) is 7.64. The molecule has 2 fully saturated rings. The summed E-state index contributed by atoms with van der Waals surface area (Å²) in [4.78, 5) is 12.1. The van der Waals surface area contributed by atoms with Crippen LogP contribution in [0.2, 0.25) is 0 Å². The van der Waals surface area contributed by atoms with Gasteiger partial charge in [-0.15, -0.1) is 0 Å². The van der Waals surface area contributed by atoms with Crippen LogP contribution in [0, 0.1) is 11.8 Å². The van der Waals surface area contributed by atoms with Crippen molar-refractivity contribution in [3.05, 3.63) is 35.9 Å². The third-order valence-electron chi connectivity index (χ3n) is 4.43. The highest BCUT2D eigenvalue weighted by Crippen LogP contribution is 2.47. The van der Waals surface area contributed by atoms with Gasteiger partial charge < -0.3 is 0 Å². The van der Waals surface area contributed by atoms with Crippen LogP contribution in [0.4, 0.5) is 0 Å². The maximum atomic E-state index is 12.1. The molecule has 106 valence electrons. The molecule has 1 aromatic rings. The summed E-state index contributed by atoms with van der Waals surface area (Å²) in [6, 6.07) is 10.3. The molecule has 0 heterocycles. The molecule has 0 aliphatic heterocycles. The normalized spacial score (nSPS) is 31.1. The van der Waals surface area contributed by atoms with E-state index in [4.69, 9.17) is 0 Å². The molecule has 0 saturated heterocycles. The Labute approximate surface area is 120 Å². The molecule has 3 atom stereocenters. The molecule has 2 aliphatic carbocycles. The Morgan fingerprint density at radius 2 is 2.10 bits per heavy atom. The van der Waals surface area contributed by atoms with E-state index >= 15 is 0 Å². The van der Waals surface area contributed by atoms with Gasteiger partial charge in [0.05, 0.1) is 0 Å². The minimum absolute atomic E-state index is 0.0876. The van der Waals surface area contributed by atoms with Crippen molar-refractivity contribution in [2.45, 2.75) is 44.9 Å². The summed E-state index contributed by atoms with van der Waals surface area (Å²) in [5, 5.41) is 4.34. The van der Waals surface area contributed by atoms with Crippen molar-refractivity contribution >= 4 is 11.6 Å². The highest BCUT2D eigenvalue weighted by Gasteiger charge is 2.43. The van der Waals surface area contributed by atoms with Gasteiger partial charge in [-0.3, -0.25) is 4.79 Å². The fraction of sp³-hybridized carbons (Fsp3) is 0.529. The third kappa shape index (κ3) is 3.09. The molecule has 3 nitrogen and oxygen atoms in total. The molecule has 1 N–H and O–H groups in total. The molecule has 0 aromatic heterocycles. The molecular weight excluding hydrogens is 248 g/mol. The first-order valence-electron chi connectivity index (χ1n) is 7.64. The van der Waals surface area contributed by atoms with Crippen molar-refractivity contribution in [3.8, 4) is 0 Å². The van der Waals surface area contributed by atoms with E-state index < -0.39 is 0 Å². The summed E-state index contributed by atoms with van der Waals surface area (Å²) in [5.41, 5.74) is 5.21. The first-order chi connectivity index (χ1) is 9.74. The largest absolute Gasteiger partial charge is 0.273 e. The number of hydrogen-bond donors (Lipinski definition) is 1. The standard InChI is InChI=1S/C17H22N2O/c1-12-6-5-9-14(10-12)18-19-17(20)16-11-15(16)13-7-3-2-4-8-13/h2-4,7-8,12,15-16H,5-6,9-11H2,1H3,(H,19,20)/b18-14+/t12-,15+,16+/m1/s1. The summed E-state index contributed by atoms with van der Waals surface area (Å²) < 4.78 is 0. The Kier molecular flexibility index (Phi) is 3.86. The molecule has 0 radical (unpaired) electrons. The fourth-order valence-electron chi connectivity index (χ4n) is 3.13. The molecule has 1 amide bonds. The van der Waals surface area contributed by atoms with E-state index in [0.29, 0.717) is 11.8 Å². The van der Waals surface area contributed by atoms with Crippen LogP contribution in [0.15, 0.2) is 35.4 Å². The van der Waals surface area contributed by atoms with Gasteiger partial charge in [0, 0.05) is 11.6 Å². The van der Waals surface area contributed by atoms with E-state index in [-0.39, 0.29) is 11.8 Å². The van der Waals surface area contributed by atoms with E-state index in [1.807, 2.05) is 18.2 Å². The average Bonchev–Trinajstić information content (AvgIpc) is 3.26. The highest BCUT2D eigenvalue weighted by atomic mass is 16.2. The van der Waals surface area contributed by atoms with E-state index in [9.17, 15) is 4.79 Å².